The minimum atomic E-state index is -0.899. The van der Waals surface area contributed by atoms with Crippen molar-refractivity contribution < 1.29 is 9.90 Å². The van der Waals surface area contributed by atoms with Crippen LogP contribution in [-0.2, 0) is 13.0 Å². The summed E-state index contributed by atoms with van der Waals surface area (Å²) in [5, 5.41) is 10.1. The Kier molecular flexibility index (Phi) is 5.34. The van der Waals surface area contributed by atoms with Gasteiger partial charge in [-0.15, -0.1) is 0 Å². The third-order valence-corrected chi connectivity index (χ3v) is 5.79. The fourth-order valence-corrected chi connectivity index (χ4v) is 4.22. The van der Waals surface area contributed by atoms with E-state index in [1.807, 2.05) is 47.9 Å². The Balaban J connectivity index is 1.53. The van der Waals surface area contributed by atoms with Crippen molar-refractivity contribution in [2.24, 2.45) is 5.92 Å². The predicted octanol–water partition coefficient (Wildman–Crippen LogP) is 3.57. The van der Waals surface area contributed by atoms with E-state index in [9.17, 15) is 14.7 Å². The van der Waals surface area contributed by atoms with Crippen LogP contribution in [-0.4, -0.2) is 33.7 Å². The van der Waals surface area contributed by atoms with Crippen LogP contribution in [0.2, 0.25) is 0 Å². The Bertz CT molecular complexity index is 1100. The first-order valence-corrected chi connectivity index (χ1v) is 10.1. The molecule has 6 heteroatoms. The number of carbonyl (C=O) groups is 1. The molecule has 150 valence electrons. The molecule has 0 radical (unpaired) electrons. The molecule has 2 aromatic carbocycles. The fraction of sp³-hybridized carbons (Fsp3) is 0.348. The molecular formula is C23H25N3O3. The number of aromatic carboxylic acids is 1. The number of aromatic nitrogens is 2. The van der Waals surface area contributed by atoms with Crippen LogP contribution in [0.1, 0.15) is 35.9 Å². The van der Waals surface area contributed by atoms with Crippen molar-refractivity contribution in [1.29, 1.82) is 0 Å². The summed E-state index contributed by atoms with van der Waals surface area (Å²) in [5.41, 5.74) is 1.91. The molecule has 0 amide bonds. The minimum absolute atomic E-state index is 0.0334. The first-order chi connectivity index (χ1) is 14.1. The molecule has 0 aliphatic carbocycles. The molecule has 6 nitrogen and oxygen atoms in total. The van der Waals surface area contributed by atoms with Gasteiger partial charge in [0.05, 0.1) is 22.2 Å². The second-order valence-corrected chi connectivity index (χ2v) is 7.57. The van der Waals surface area contributed by atoms with Crippen LogP contribution in [0.25, 0.3) is 10.9 Å². The molecule has 1 fully saturated rings. The molecule has 0 bridgehead atoms. The summed E-state index contributed by atoms with van der Waals surface area (Å²) in [6.07, 6.45) is 2.54. The average Bonchev–Trinajstić information content (AvgIpc) is 2.76. The van der Waals surface area contributed by atoms with E-state index in [2.05, 4.69) is 4.90 Å². The smallest absolute Gasteiger partial charge is 0.337 e. The highest BCUT2D eigenvalue weighted by Gasteiger charge is 2.24. The van der Waals surface area contributed by atoms with E-state index in [4.69, 9.17) is 4.98 Å². The maximum absolute atomic E-state index is 13.0. The van der Waals surface area contributed by atoms with Gasteiger partial charge in [-0.1, -0.05) is 31.2 Å². The number of aryl methyl sites for hydroxylation is 1. The first kappa shape index (κ1) is 19.2. The summed E-state index contributed by atoms with van der Waals surface area (Å²) in [4.78, 5) is 31.4. The van der Waals surface area contributed by atoms with E-state index in [1.54, 1.807) is 12.1 Å². The van der Waals surface area contributed by atoms with Crippen LogP contribution in [0.3, 0.4) is 0 Å². The number of nitrogens with zero attached hydrogens (tertiary/aromatic N) is 3. The monoisotopic (exact) mass is 391 g/mol. The van der Waals surface area contributed by atoms with Gasteiger partial charge in [-0.05, 0) is 43.0 Å². The molecule has 4 rings (SSSR count). The zero-order valence-electron chi connectivity index (χ0n) is 16.5. The molecule has 1 aliphatic heterocycles. The van der Waals surface area contributed by atoms with Gasteiger partial charge >= 0.3 is 5.97 Å². The number of rotatable bonds is 5. The number of fused-ring (bicyclic) bond motifs is 1. The van der Waals surface area contributed by atoms with E-state index in [1.165, 1.54) is 0 Å². The Labute approximate surface area is 169 Å². The summed E-state index contributed by atoms with van der Waals surface area (Å²) in [7, 11) is 0. The lowest BCUT2D eigenvalue weighted by molar-refractivity contribution is 0.0697. The van der Waals surface area contributed by atoms with Crippen LogP contribution in [0.15, 0.2) is 53.3 Å². The van der Waals surface area contributed by atoms with Gasteiger partial charge in [-0.25, -0.2) is 9.78 Å². The Hall–Kier alpha value is -3.15. The summed E-state index contributed by atoms with van der Waals surface area (Å²) >= 11 is 0. The van der Waals surface area contributed by atoms with E-state index >= 15 is 0 Å². The number of para-hydroxylation sites is 2. The Morgan fingerprint density at radius 3 is 2.52 bits per heavy atom. The highest BCUT2D eigenvalue weighted by atomic mass is 16.4. The average molecular weight is 391 g/mol. The summed E-state index contributed by atoms with van der Waals surface area (Å²) in [5.74, 6) is 0.297. The largest absolute Gasteiger partial charge is 0.478 e. The number of benzene rings is 2. The van der Waals surface area contributed by atoms with E-state index < -0.39 is 5.97 Å². The maximum Gasteiger partial charge on any atom is 0.337 e. The van der Waals surface area contributed by atoms with Crippen molar-refractivity contribution in [2.75, 3.05) is 18.0 Å². The van der Waals surface area contributed by atoms with Crippen LogP contribution >= 0.6 is 0 Å². The molecular weight excluding hydrogens is 366 g/mol. The molecule has 1 aromatic heterocycles. The second-order valence-electron chi connectivity index (χ2n) is 7.57. The van der Waals surface area contributed by atoms with Gasteiger partial charge < -0.3 is 10.0 Å². The molecule has 1 N–H and O–H groups in total. The molecule has 0 spiro atoms. The third-order valence-electron chi connectivity index (χ3n) is 5.79. The normalized spacial score (nSPS) is 15.0. The maximum atomic E-state index is 13.0. The lowest BCUT2D eigenvalue weighted by Crippen LogP contribution is -2.37. The fourth-order valence-electron chi connectivity index (χ4n) is 4.22. The Morgan fingerprint density at radius 1 is 1.10 bits per heavy atom. The van der Waals surface area contributed by atoms with Crippen LogP contribution in [0.4, 0.5) is 5.69 Å². The van der Waals surface area contributed by atoms with Gasteiger partial charge in [0.2, 0.25) is 0 Å². The van der Waals surface area contributed by atoms with Gasteiger partial charge in [0.15, 0.2) is 0 Å². The van der Waals surface area contributed by atoms with Crippen molar-refractivity contribution in [3.63, 3.8) is 0 Å². The van der Waals surface area contributed by atoms with Gasteiger partial charge in [-0.3, -0.25) is 9.36 Å². The van der Waals surface area contributed by atoms with Gasteiger partial charge in [0.25, 0.3) is 5.56 Å². The number of piperidine rings is 1. The minimum Gasteiger partial charge on any atom is -0.478 e. The molecule has 1 aliphatic rings. The van der Waals surface area contributed by atoms with Gasteiger partial charge in [0.1, 0.15) is 5.82 Å². The first-order valence-electron chi connectivity index (χ1n) is 10.1. The SMILES string of the molecule is CCc1nc2ccccc2c(=O)n1CC1CCN(c2ccccc2C(=O)O)CC1. The van der Waals surface area contributed by atoms with Crippen molar-refractivity contribution >= 4 is 22.6 Å². The molecule has 1 saturated heterocycles. The van der Waals surface area contributed by atoms with Gasteiger partial charge in [0, 0.05) is 26.1 Å². The van der Waals surface area contributed by atoms with E-state index in [0.29, 0.717) is 29.8 Å². The quantitative estimate of drug-likeness (QED) is 0.720. The van der Waals surface area contributed by atoms with Crippen LogP contribution < -0.4 is 10.5 Å². The molecule has 2 heterocycles. The molecule has 3 aromatic rings. The van der Waals surface area contributed by atoms with Crippen molar-refractivity contribution in [2.45, 2.75) is 32.7 Å². The lowest BCUT2D eigenvalue weighted by Gasteiger charge is -2.34. The molecule has 29 heavy (non-hydrogen) atoms. The number of carboxylic acids is 1. The van der Waals surface area contributed by atoms with Crippen LogP contribution in [0.5, 0.6) is 0 Å². The predicted molar refractivity (Wildman–Crippen MR) is 114 cm³/mol. The van der Waals surface area contributed by atoms with Crippen molar-refractivity contribution in [3.05, 3.63) is 70.3 Å². The van der Waals surface area contributed by atoms with Crippen LogP contribution in [0, 0.1) is 5.92 Å². The summed E-state index contributed by atoms with van der Waals surface area (Å²) < 4.78 is 1.84. The van der Waals surface area contributed by atoms with E-state index in [0.717, 1.165) is 43.0 Å². The number of anilines is 1. The highest BCUT2D eigenvalue weighted by Crippen LogP contribution is 2.27. The third kappa shape index (κ3) is 3.75. The topological polar surface area (TPSA) is 75.4 Å². The van der Waals surface area contributed by atoms with Gasteiger partial charge in [-0.2, -0.15) is 0 Å². The zero-order chi connectivity index (χ0) is 20.4. The molecule has 0 atom stereocenters. The van der Waals surface area contributed by atoms with E-state index in [-0.39, 0.29) is 5.56 Å². The summed E-state index contributed by atoms with van der Waals surface area (Å²) in [6.45, 7) is 4.26. The number of carboxylic acid groups (broad SMARTS) is 1. The molecule has 0 unspecified atom stereocenters. The number of hydrogen-bond acceptors (Lipinski definition) is 4. The molecule has 0 saturated carbocycles. The zero-order valence-corrected chi connectivity index (χ0v) is 16.5. The second kappa shape index (κ2) is 8.07. The standard InChI is InChI=1S/C23H25N3O3/c1-2-21-24-19-9-5-3-7-17(19)22(27)26(21)15-16-11-13-25(14-12-16)20-10-6-4-8-18(20)23(28)29/h3-10,16H,2,11-15H2,1H3,(H,28,29). The number of hydrogen-bond donors (Lipinski definition) is 1. The van der Waals surface area contributed by atoms with Crippen molar-refractivity contribution in [1.82, 2.24) is 9.55 Å². The highest BCUT2D eigenvalue weighted by molar-refractivity contribution is 5.94. The lowest BCUT2D eigenvalue weighted by atomic mass is 9.95. The summed E-state index contributed by atoms with van der Waals surface area (Å²) in [6, 6.07) is 14.7. The van der Waals surface area contributed by atoms with Crippen molar-refractivity contribution in [3.8, 4) is 0 Å². The Morgan fingerprint density at radius 2 is 1.79 bits per heavy atom.